The lowest BCUT2D eigenvalue weighted by atomic mass is 10.0. The van der Waals surface area contributed by atoms with Crippen molar-refractivity contribution in [2.24, 2.45) is 5.73 Å². The van der Waals surface area contributed by atoms with Crippen LogP contribution in [0.25, 0.3) is 0 Å². The van der Waals surface area contributed by atoms with Crippen LogP contribution in [0.1, 0.15) is 18.1 Å². The van der Waals surface area contributed by atoms with Crippen LogP contribution < -0.4 is 10.5 Å². The van der Waals surface area contributed by atoms with E-state index in [0.717, 1.165) is 13.2 Å². The van der Waals surface area contributed by atoms with Gasteiger partial charge in [0, 0.05) is 5.56 Å². The Hall–Kier alpha value is -1.40. The van der Waals surface area contributed by atoms with Gasteiger partial charge in [0.1, 0.15) is 0 Å². The van der Waals surface area contributed by atoms with Gasteiger partial charge in [-0.25, -0.2) is 4.39 Å². The number of aliphatic hydroxyl groups excluding tert-OH is 1. The monoisotopic (exact) mass is 233 g/mol. The van der Waals surface area contributed by atoms with Gasteiger partial charge in [-0.3, -0.25) is 0 Å². The molecule has 1 aromatic carbocycles. The second kappa shape index (κ2) is 5.09. The van der Waals surface area contributed by atoms with Crippen LogP contribution in [-0.4, -0.2) is 23.9 Å². The number of methoxy groups -OCH3 is 1. The standard InChI is InChI=1S/C10H13F2NO3/c1-16-10-5(7(14)2-3-13)4-6(11)9(15)8(10)12/h4,7,14-15H,2-3,13H2,1H3. The second-order valence-electron chi connectivity index (χ2n) is 3.24. The Morgan fingerprint density at radius 1 is 1.50 bits per heavy atom. The molecule has 0 saturated heterocycles. The number of nitrogens with two attached hydrogens (primary N) is 1. The van der Waals surface area contributed by atoms with Crippen LogP contribution in [0.5, 0.6) is 11.5 Å². The zero-order chi connectivity index (χ0) is 12.3. The van der Waals surface area contributed by atoms with Gasteiger partial charge in [-0.05, 0) is 19.0 Å². The number of aromatic hydroxyl groups is 1. The zero-order valence-corrected chi connectivity index (χ0v) is 8.70. The number of benzene rings is 1. The molecule has 4 nitrogen and oxygen atoms in total. The molecule has 0 saturated carbocycles. The fraction of sp³-hybridized carbons (Fsp3) is 0.400. The molecule has 90 valence electrons. The largest absolute Gasteiger partial charge is 0.503 e. The number of halogens is 2. The van der Waals surface area contributed by atoms with Crippen molar-refractivity contribution in [3.8, 4) is 11.5 Å². The molecule has 0 aliphatic rings. The molecule has 0 fully saturated rings. The Kier molecular flexibility index (Phi) is 4.03. The first-order chi connectivity index (χ1) is 7.52. The van der Waals surface area contributed by atoms with Crippen LogP contribution in [-0.2, 0) is 0 Å². The van der Waals surface area contributed by atoms with Gasteiger partial charge in [-0.1, -0.05) is 0 Å². The minimum Gasteiger partial charge on any atom is -0.503 e. The van der Waals surface area contributed by atoms with Crippen LogP contribution in [0.15, 0.2) is 6.07 Å². The molecule has 1 atom stereocenters. The summed E-state index contributed by atoms with van der Waals surface area (Å²) in [6.07, 6.45) is -0.996. The molecule has 0 heterocycles. The first-order valence-electron chi connectivity index (χ1n) is 4.65. The smallest absolute Gasteiger partial charge is 0.210 e. The summed E-state index contributed by atoms with van der Waals surface area (Å²) in [4.78, 5) is 0. The van der Waals surface area contributed by atoms with Gasteiger partial charge in [-0.15, -0.1) is 0 Å². The fourth-order valence-electron chi connectivity index (χ4n) is 1.38. The maximum Gasteiger partial charge on any atom is 0.210 e. The Balaban J connectivity index is 3.27. The van der Waals surface area contributed by atoms with E-state index in [-0.39, 0.29) is 24.3 Å². The van der Waals surface area contributed by atoms with E-state index in [1.54, 1.807) is 0 Å². The van der Waals surface area contributed by atoms with Crippen molar-refractivity contribution in [1.29, 1.82) is 0 Å². The van der Waals surface area contributed by atoms with E-state index in [4.69, 9.17) is 10.8 Å². The Morgan fingerprint density at radius 2 is 2.12 bits per heavy atom. The van der Waals surface area contributed by atoms with E-state index in [1.807, 2.05) is 0 Å². The maximum atomic E-state index is 13.4. The molecule has 1 aromatic rings. The van der Waals surface area contributed by atoms with Gasteiger partial charge in [0.2, 0.25) is 5.82 Å². The summed E-state index contributed by atoms with van der Waals surface area (Å²) in [6.45, 7) is 0.161. The fourth-order valence-corrected chi connectivity index (χ4v) is 1.38. The zero-order valence-electron chi connectivity index (χ0n) is 8.70. The van der Waals surface area contributed by atoms with E-state index >= 15 is 0 Å². The van der Waals surface area contributed by atoms with Crippen molar-refractivity contribution in [3.05, 3.63) is 23.3 Å². The van der Waals surface area contributed by atoms with Gasteiger partial charge < -0.3 is 20.7 Å². The predicted octanol–water partition coefficient (Wildman–Crippen LogP) is 1.06. The number of aliphatic hydroxyl groups is 1. The first kappa shape index (κ1) is 12.7. The summed E-state index contributed by atoms with van der Waals surface area (Å²) in [7, 11) is 1.16. The quantitative estimate of drug-likeness (QED) is 0.726. The number of hydrogen-bond donors (Lipinski definition) is 3. The third kappa shape index (κ3) is 2.23. The summed E-state index contributed by atoms with van der Waals surface area (Å²) >= 11 is 0. The lowest BCUT2D eigenvalue weighted by Crippen LogP contribution is -2.09. The van der Waals surface area contributed by atoms with Crippen LogP contribution >= 0.6 is 0 Å². The summed E-state index contributed by atoms with van der Waals surface area (Å²) in [5.41, 5.74) is 5.16. The molecule has 0 amide bonds. The van der Waals surface area contributed by atoms with E-state index in [1.165, 1.54) is 0 Å². The average molecular weight is 233 g/mol. The molecule has 16 heavy (non-hydrogen) atoms. The summed E-state index contributed by atoms with van der Waals surface area (Å²) in [5.74, 6) is -3.88. The normalized spacial score (nSPS) is 12.6. The highest BCUT2D eigenvalue weighted by Gasteiger charge is 2.22. The molecule has 0 radical (unpaired) electrons. The van der Waals surface area contributed by atoms with Gasteiger partial charge in [0.05, 0.1) is 13.2 Å². The third-order valence-corrected chi connectivity index (χ3v) is 2.18. The Labute approximate surface area is 91.3 Å². The Bertz CT molecular complexity index is 385. The van der Waals surface area contributed by atoms with Crippen LogP contribution in [0, 0.1) is 11.6 Å². The number of phenols is 1. The van der Waals surface area contributed by atoms with Gasteiger partial charge in [0.15, 0.2) is 17.3 Å². The first-order valence-corrected chi connectivity index (χ1v) is 4.65. The van der Waals surface area contributed by atoms with E-state index in [0.29, 0.717) is 0 Å². The molecule has 0 aliphatic heterocycles. The summed E-state index contributed by atoms with van der Waals surface area (Å²) in [6, 6.07) is 0.831. The van der Waals surface area contributed by atoms with Crippen molar-refractivity contribution in [3.63, 3.8) is 0 Å². The highest BCUT2D eigenvalue weighted by atomic mass is 19.1. The number of rotatable bonds is 4. The van der Waals surface area contributed by atoms with Crippen LogP contribution in [0.2, 0.25) is 0 Å². The molecule has 0 aromatic heterocycles. The third-order valence-electron chi connectivity index (χ3n) is 2.18. The Morgan fingerprint density at radius 3 is 2.62 bits per heavy atom. The van der Waals surface area contributed by atoms with Crippen molar-refractivity contribution in [1.82, 2.24) is 0 Å². The summed E-state index contributed by atoms with van der Waals surface area (Å²) < 4.78 is 31.1. The minimum atomic E-state index is -1.23. The lowest BCUT2D eigenvalue weighted by molar-refractivity contribution is 0.164. The van der Waals surface area contributed by atoms with Crippen molar-refractivity contribution in [2.45, 2.75) is 12.5 Å². The molecule has 1 rings (SSSR count). The molecule has 1 unspecified atom stereocenters. The lowest BCUT2D eigenvalue weighted by Gasteiger charge is -2.15. The molecule has 6 heteroatoms. The molecule has 0 bridgehead atoms. The highest BCUT2D eigenvalue weighted by molar-refractivity contribution is 5.44. The summed E-state index contributed by atoms with van der Waals surface area (Å²) in [5, 5.41) is 18.6. The SMILES string of the molecule is COc1c(C(O)CCN)cc(F)c(O)c1F. The van der Waals surface area contributed by atoms with Gasteiger partial charge >= 0.3 is 0 Å². The van der Waals surface area contributed by atoms with E-state index in [2.05, 4.69) is 4.74 Å². The number of hydrogen-bond acceptors (Lipinski definition) is 4. The van der Waals surface area contributed by atoms with E-state index in [9.17, 15) is 13.9 Å². The van der Waals surface area contributed by atoms with E-state index < -0.39 is 23.5 Å². The van der Waals surface area contributed by atoms with Crippen molar-refractivity contribution >= 4 is 0 Å². The van der Waals surface area contributed by atoms with Crippen LogP contribution in [0.3, 0.4) is 0 Å². The topological polar surface area (TPSA) is 75.7 Å². The van der Waals surface area contributed by atoms with Crippen LogP contribution in [0.4, 0.5) is 8.78 Å². The van der Waals surface area contributed by atoms with Crippen molar-refractivity contribution < 1.29 is 23.7 Å². The highest BCUT2D eigenvalue weighted by Crippen LogP contribution is 2.36. The van der Waals surface area contributed by atoms with Gasteiger partial charge in [-0.2, -0.15) is 4.39 Å². The maximum absolute atomic E-state index is 13.4. The number of ether oxygens (including phenoxy) is 1. The minimum absolute atomic E-state index is 0.0687. The van der Waals surface area contributed by atoms with Crippen molar-refractivity contribution in [2.75, 3.05) is 13.7 Å². The molecule has 4 N–H and O–H groups in total. The van der Waals surface area contributed by atoms with Gasteiger partial charge in [0.25, 0.3) is 0 Å². The molecular weight excluding hydrogens is 220 g/mol. The predicted molar refractivity (Wildman–Crippen MR) is 53.2 cm³/mol. The average Bonchev–Trinajstić information content (AvgIpc) is 2.26. The molecule has 0 spiro atoms. The molecular formula is C10H13F2NO3. The number of phenolic OH excluding ortho intramolecular Hbond substituents is 1. The molecule has 0 aliphatic carbocycles. The second-order valence-corrected chi connectivity index (χ2v) is 3.24.